The zero-order valence-corrected chi connectivity index (χ0v) is 13.2. The minimum atomic E-state index is 0.0607. The first-order chi connectivity index (χ1) is 8.28. The van der Waals surface area contributed by atoms with Crippen molar-refractivity contribution in [3.63, 3.8) is 0 Å². The highest BCUT2D eigenvalue weighted by Crippen LogP contribution is 2.21. The van der Waals surface area contributed by atoms with Gasteiger partial charge in [-0.2, -0.15) is 0 Å². The van der Waals surface area contributed by atoms with Crippen LogP contribution in [0.25, 0.3) is 0 Å². The first-order valence-corrected chi connectivity index (χ1v) is 7.12. The van der Waals surface area contributed by atoms with E-state index in [4.69, 9.17) is 0 Å². The summed E-state index contributed by atoms with van der Waals surface area (Å²) in [5.41, 5.74) is 1.33. The minimum Gasteiger partial charge on any atom is -0.350 e. The maximum atomic E-state index is 11.8. The second-order valence-electron chi connectivity index (χ2n) is 5.90. The summed E-state index contributed by atoms with van der Waals surface area (Å²) in [5, 5.41) is 3.03. The SMILES string of the molecule is CC(NC(=O)CCC(C)(C)C)c1ccc(Br)cc1. The Morgan fingerprint density at radius 3 is 2.33 bits per heavy atom. The molecule has 0 saturated heterocycles. The van der Waals surface area contributed by atoms with E-state index in [-0.39, 0.29) is 17.4 Å². The average molecular weight is 312 g/mol. The van der Waals surface area contributed by atoms with Crippen LogP contribution in [0.3, 0.4) is 0 Å². The molecule has 0 radical (unpaired) electrons. The van der Waals surface area contributed by atoms with Crippen LogP contribution in [0, 0.1) is 5.41 Å². The zero-order chi connectivity index (χ0) is 13.8. The maximum Gasteiger partial charge on any atom is 0.220 e. The lowest BCUT2D eigenvalue weighted by molar-refractivity contribution is -0.122. The number of rotatable bonds is 4. The lowest BCUT2D eigenvalue weighted by Gasteiger charge is -2.19. The molecule has 0 fully saturated rings. The van der Waals surface area contributed by atoms with Gasteiger partial charge >= 0.3 is 0 Å². The van der Waals surface area contributed by atoms with Crippen molar-refractivity contribution in [2.75, 3.05) is 0 Å². The quantitative estimate of drug-likeness (QED) is 0.874. The molecule has 0 aliphatic rings. The van der Waals surface area contributed by atoms with Gasteiger partial charge in [-0.05, 0) is 36.5 Å². The molecule has 0 bridgehead atoms. The number of hydrogen-bond donors (Lipinski definition) is 1. The number of hydrogen-bond acceptors (Lipinski definition) is 1. The molecule has 0 aliphatic heterocycles. The van der Waals surface area contributed by atoms with Crippen LogP contribution in [0.2, 0.25) is 0 Å². The molecule has 1 atom stereocenters. The number of benzene rings is 1. The summed E-state index contributed by atoms with van der Waals surface area (Å²) in [6.45, 7) is 8.47. The standard InChI is InChI=1S/C15H22BrNO/c1-11(12-5-7-13(16)8-6-12)17-14(18)9-10-15(2,3)4/h5-8,11H,9-10H2,1-4H3,(H,17,18). The Morgan fingerprint density at radius 2 is 1.83 bits per heavy atom. The first-order valence-electron chi connectivity index (χ1n) is 6.33. The van der Waals surface area contributed by atoms with E-state index in [0.717, 1.165) is 16.5 Å². The van der Waals surface area contributed by atoms with Gasteiger partial charge in [0.1, 0.15) is 0 Å². The molecule has 0 saturated carbocycles. The molecule has 2 nitrogen and oxygen atoms in total. The van der Waals surface area contributed by atoms with Crippen LogP contribution in [0.5, 0.6) is 0 Å². The average Bonchev–Trinajstić information content (AvgIpc) is 2.26. The fourth-order valence-corrected chi connectivity index (χ4v) is 1.90. The van der Waals surface area contributed by atoms with Gasteiger partial charge in [-0.15, -0.1) is 0 Å². The normalized spacial score (nSPS) is 13.2. The fraction of sp³-hybridized carbons (Fsp3) is 0.533. The first kappa shape index (κ1) is 15.2. The molecule has 1 N–H and O–H groups in total. The molecule has 1 unspecified atom stereocenters. The lowest BCUT2D eigenvalue weighted by Crippen LogP contribution is -2.27. The van der Waals surface area contributed by atoms with Crippen LogP contribution in [0.4, 0.5) is 0 Å². The van der Waals surface area contributed by atoms with Crippen molar-refractivity contribution >= 4 is 21.8 Å². The van der Waals surface area contributed by atoms with Gasteiger partial charge in [-0.3, -0.25) is 4.79 Å². The van der Waals surface area contributed by atoms with E-state index in [9.17, 15) is 4.79 Å². The Labute approximate surface area is 118 Å². The molecule has 3 heteroatoms. The molecular formula is C15H22BrNO. The fourth-order valence-electron chi connectivity index (χ4n) is 1.64. The van der Waals surface area contributed by atoms with Gasteiger partial charge in [0.25, 0.3) is 0 Å². The van der Waals surface area contributed by atoms with Crippen molar-refractivity contribution < 1.29 is 4.79 Å². The highest BCUT2D eigenvalue weighted by atomic mass is 79.9. The highest BCUT2D eigenvalue weighted by Gasteiger charge is 2.14. The Balaban J connectivity index is 2.47. The molecule has 0 spiro atoms. The molecule has 100 valence electrons. The summed E-state index contributed by atoms with van der Waals surface area (Å²) in [7, 11) is 0. The van der Waals surface area contributed by atoms with Gasteiger partial charge < -0.3 is 5.32 Å². The second kappa shape index (κ2) is 6.37. The van der Waals surface area contributed by atoms with Crippen molar-refractivity contribution in [2.45, 2.75) is 46.6 Å². The molecule has 1 aromatic rings. The summed E-state index contributed by atoms with van der Waals surface area (Å²) in [6, 6.07) is 8.10. The summed E-state index contributed by atoms with van der Waals surface area (Å²) in [4.78, 5) is 11.8. The van der Waals surface area contributed by atoms with Crippen molar-refractivity contribution in [1.29, 1.82) is 0 Å². The van der Waals surface area contributed by atoms with Crippen molar-refractivity contribution in [2.24, 2.45) is 5.41 Å². The smallest absolute Gasteiger partial charge is 0.220 e. The van der Waals surface area contributed by atoms with Gasteiger partial charge in [0.05, 0.1) is 6.04 Å². The van der Waals surface area contributed by atoms with Gasteiger partial charge in [-0.25, -0.2) is 0 Å². The second-order valence-corrected chi connectivity index (χ2v) is 6.82. The third kappa shape index (κ3) is 5.67. The number of amides is 1. The van der Waals surface area contributed by atoms with Crippen LogP contribution in [0.1, 0.15) is 52.1 Å². The van der Waals surface area contributed by atoms with E-state index in [2.05, 4.69) is 42.0 Å². The molecule has 0 aliphatic carbocycles. The van der Waals surface area contributed by atoms with Crippen molar-refractivity contribution in [1.82, 2.24) is 5.32 Å². The van der Waals surface area contributed by atoms with E-state index in [0.29, 0.717) is 6.42 Å². The van der Waals surface area contributed by atoms with Gasteiger partial charge in [-0.1, -0.05) is 48.8 Å². The van der Waals surface area contributed by atoms with Crippen molar-refractivity contribution in [3.8, 4) is 0 Å². The van der Waals surface area contributed by atoms with Crippen LogP contribution >= 0.6 is 15.9 Å². The van der Waals surface area contributed by atoms with E-state index >= 15 is 0 Å². The number of nitrogens with one attached hydrogen (secondary N) is 1. The number of halogens is 1. The van der Waals surface area contributed by atoms with Gasteiger partial charge in [0.2, 0.25) is 5.91 Å². The Morgan fingerprint density at radius 1 is 1.28 bits per heavy atom. The van der Waals surface area contributed by atoms with E-state index in [1.807, 2.05) is 31.2 Å². The van der Waals surface area contributed by atoms with Crippen molar-refractivity contribution in [3.05, 3.63) is 34.3 Å². The monoisotopic (exact) mass is 311 g/mol. The molecule has 1 rings (SSSR count). The lowest BCUT2D eigenvalue weighted by atomic mass is 9.90. The van der Waals surface area contributed by atoms with E-state index in [1.54, 1.807) is 0 Å². The predicted molar refractivity (Wildman–Crippen MR) is 79.4 cm³/mol. The van der Waals surface area contributed by atoms with E-state index in [1.165, 1.54) is 0 Å². The number of carbonyl (C=O) groups excluding carboxylic acids is 1. The summed E-state index contributed by atoms with van der Waals surface area (Å²) < 4.78 is 1.05. The van der Waals surface area contributed by atoms with Crippen LogP contribution in [0.15, 0.2) is 28.7 Å². The van der Waals surface area contributed by atoms with Gasteiger partial charge in [0.15, 0.2) is 0 Å². The molecule has 1 amide bonds. The molecular weight excluding hydrogens is 290 g/mol. The Hall–Kier alpha value is -0.830. The van der Waals surface area contributed by atoms with Crippen LogP contribution < -0.4 is 5.32 Å². The summed E-state index contributed by atoms with van der Waals surface area (Å²) in [6.07, 6.45) is 1.50. The summed E-state index contributed by atoms with van der Waals surface area (Å²) >= 11 is 3.40. The predicted octanol–water partition coefficient (Wildman–Crippen LogP) is 4.45. The largest absolute Gasteiger partial charge is 0.350 e. The molecule has 1 aromatic carbocycles. The number of carbonyl (C=O) groups is 1. The Kier molecular flexibility index (Phi) is 5.39. The third-order valence-corrected chi connectivity index (χ3v) is 3.38. The minimum absolute atomic E-state index is 0.0607. The van der Waals surface area contributed by atoms with Crippen LogP contribution in [-0.4, -0.2) is 5.91 Å². The highest BCUT2D eigenvalue weighted by molar-refractivity contribution is 9.10. The third-order valence-electron chi connectivity index (χ3n) is 2.85. The maximum absolute atomic E-state index is 11.8. The molecule has 0 aromatic heterocycles. The molecule has 0 heterocycles. The van der Waals surface area contributed by atoms with Crippen LogP contribution in [-0.2, 0) is 4.79 Å². The summed E-state index contributed by atoms with van der Waals surface area (Å²) in [5.74, 6) is 0.125. The van der Waals surface area contributed by atoms with E-state index < -0.39 is 0 Å². The van der Waals surface area contributed by atoms with Gasteiger partial charge in [0, 0.05) is 10.9 Å². The Bertz CT molecular complexity index is 392. The topological polar surface area (TPSA) is 29.1 Å². The zero-order valence-electron chi connectivity index (χ0n) is 11.6. The molecule has 18 heavy (non-hydrogen) atoms.